The van der Waals surface area contributed by atoms with Crippen molar-refractivity contribution in [2.75, 3.05) is 6.54 Å². The lowest BCUT2D eigenvalue weighted by atomic mass is 10.0. The second-order valence-electron chi connectivity index (χ2n) is 4.20. The average Bonchev–Trinajstić information content (AvgIpc) is 2.24. The first-order valence-electron chi connectivity index (χ1n) is 5.36. The van der Waals surface area contributed by atoms with Crippen LogP contribution in [0.5, 0.6) is 5.75 Å². The Morgan fingerprint density at radius 2 is 2.12 bits per heavy atom. The number of hydrogen-bond acceptors (Lipinski definition) is 3. The van der Waals surface area contributed by atoms with E-state index in [2.05, 4.69) is 21.2 Å². The fourth-order valence-corrected chi connectivity index (χ4v) is 1.70. The molecule has 3 nitrogen and oxygen atoms in total. The summed E-state index contributed by atoms with van der Waals surface area (Å²) in [5.74, 6) is 0.256. The number of phenolic OH excluding ortho intramolecular Hbond substituents is 1. The van der Waals surface area contributed by atoms with Gasteiger partial charge in [0.25, 0.3) is 0 Å². The van der Waals surface area contributed by atoms with Crippen molar-refractivity contribution in [3.63, 3.8) is 0 Å². The van der Waals surface area contributed by atoms with E-state index in [0.29, 0.717) is 24.0 Å². The summed E-state index contributed by atoms with van der Waals surface area (Å²) in [6.45, 7) is 4.79. The monoisotopic (exact) mass is 287 g/mol. The number of benzene rings is 1. The van der Waals surface area contributed by atoms with E-state index in [1.807, 2.05) is 19.1 Å². The van der Waals surface area contributed by atoms with Crippen molar-refractivity contribution in [3.8, 4) is 5.75 Å². The van der Waals surface area contributed by atoms with Crippen LogP contribution in [0, 0.1) is 0 Å². The average molecular weight is 288 g/mol. The number of phenols is 1. The maximum atomic E-state index is 9.79. The van der Waals surface area contributed by atoms with E-state index >= 15 is 0 Å². The maximum absolute atomic E-state index is 9.79. The Morgan fingerprint density at radius 3 is 2.75 bits per heavy atom. The van der Waals surface area contributed by atoms with Gasteiger partial charge in [-0.15, -0.1) is 0 Å². The van der Waals surface area contributed by atoms with Gasteiger partial charge in [0.1, 0.15) is 5.75 Å². The fraction of sp³-hybridized carbons (Fsp3) is 0.500. The Labute approximate surface area is 105 Å². The van der Waals surface area contributed by atoms with Crippen LogP contribution in [0.15, 0.2) is 22.7 Å². The summed E-state index contributed by atoms with van der Waals surface area (Å²) in [5, 5.41) is 22.7. The topological polar surface area (TPSA) is 52.5 Å². The Kier molecular flexibility index (Phi) is 4.77. The first-order valence-corrected chi connectivity index (χ1v) is 6.15. The van der Waals surface area contributed by atoms with Crippen LogP contribution in [-0.4, -0.2) is 22.4 Å². The van der Waals surface area contributed by atoms with Crippen molar-refractivity contribution >= 4 is 15.9 Å². The molecule has 3 N–H and O–H groups in total. The van der Waals surface area contributed by atoms with Crippen LogP contribution < -0.4 is 5.32 Å². The lowest BCUT2D eigenvalue weighted by molar-refractivity contribution is 0.0555. The van der Waals surface area contributed by atoms with E-state index in [1.165, 1.54) is 0 Å². The van der Waals surface area contributed by atoms with Crippen LogP contribution in [0.1, 0.15) is 25.8 Å². The van der Waals surface area contributed by atoms with Gasteiger partial charge in [0.05, 0.1) is 10.1 Å². The van der Waals surface area contributed by atoms with Gasteiger partial charge in [-0.2, -0.15) is 0 Å². The van der Waals surface area contributed by atoms with Crippen LogP contribution in [0.3, 0.4) is 0 Å². The molecule has 1 rings (SSSR count). The molecule has 1 aromatic carbocycles. The molecule has 16 heavy (non-hydrogen) atoms. The molecule has 0 radical (unpaired) electrons. The molecule has 0 fully saturated rings. The number of nitrogens with one attached hydrogen (secondary N) is 1. The molecule has 0 aliphatic rings. The number of halogens is 1. The molecule has 0 spiro atoms. The fourth-order valence-electron chi connectivity index (χ4n) is 1.29. The molecule has 0 amide bonds. The van der Waals surface area contributed by atoms with Gasteiger partial charge in [0.2, 0.25) is 0 Å². The van der Waals surface area contributed by atoms with Gasteiger partial charge in [0, 0.05) is 18.7 Å². The highest BCUT2D eigenvalue weighted by Gasteiger charge is 2.16. The first kappa shape index (κ1) is 13.5. The SMILES string of the molecule is CCC(C)(O)CNCc1cccc(Br)c1O. The second kappa shape index (κ2) is 5.66. The summed E-state index contributed by atoms with van der Waals surface area (Å²) in [7, 11) is 0. The molecule has 90 valence electrons. The number of rotatable bonds is 5. The molecule has 0 saturated heterocycles. The second-order valence-corrected chi connectivity index (χ2v) is 5.06. The number of aliphatic hydroxyl groups is 1. The summed E-state index contributed by atoms with van der Waals surface area (Å²) in [4.78, 5) is 0. The molecule has 1 unspecified atom stereocenters. The number of para-hydroxylation sites is 1. The highest BCUT2D eigenvalue weighted by atomic mass is 79.9. The van der Waals surface area contributed by atoms with Crippen LogP contribution in [0.2, 0.25) is 0 Å². The van der Waals surface area contributed by atoms with Crippen LogP contribution in [0.25, 0.3) is 0 Å². The molecule has 1 aromatic rings. The third-order valence-corrected chi connectivity index (χ3v) is 3.29. The van der Waals surface area contributed by atoms with Gasteiger partial charge < -0.3 is 15.5 Å². The number of aromatic hydroxyl groups is 1. The molecule has 0 saturated carbocycles. The summed E-state index contributed by atoms with van der Waals surface area (Å²) >= 11 is 3.26. The lowest BCUT2D eigenvalue weighted by Crippen LogP contribution is -2.36. The largest absolute Gasteiger partial charge is 0.506 e. The van der Waals surface area contributed by atoms with Gasteiger partial charge >= 0.3 is 0 Å². The zero-order chi connectivity index (χ0) is 12.2. The molecule has 0 aliphatic carbocycles. The highest BCUT2D eigenvalue weighted by Crippen LogP contribution is 2.27. The number of hydrogen-bond donors (Lipinski definition) is 3. The summed E-state index contributed by atoms with van der Waals surface area (Å²) in [6.07, 6.45) is 0.699. The summed E-state index contributed by atoms with van der Waals surface area (Å²) in [5.41, 5.74) is 0.128. The van der Waals surface area contributed by atoms with Crippen LogP contribution in [-0.2, 0) is 6.54 Å². The van der Waals surface area contributed by atoms with E-state index < -0.39 is 5.60 Å². The van der Waals surface area contributed by atoms with Crippen molar-refractivity contribution in [1.82, 2.24) is 5.32 Å². The Balaban J connectivity index is 2.53. The molecule has 1 atom stereocenters. The van der Waals surface area contributed by atoms with Gasteiger partial charge in [-0.25, -0.2) is 0 Å². The van der Waals surface area contributed by atoms with E-state index in [0.717, 1.165) is 5.56 Å². The lowest BCUT2D eigenvalue weighted by Gasteiger charge is -2.21. The van der Waals surface area contributed by atoms with Crippen molar-refractivity contribution in [2.45, 2.75) is 32.4 Å². The Morgan fingerprint density at radius 1 is 1.44 bits per heavy atom. The highest BCUT2D eigenvalue weighted by molar-refractivity contribution is 9.10. The van der Waals surface area contributed by atoms with Crippen molar-refractivity contribution in [3.05, 3.63) is 28.2 Å². The molecule has 0 bridgehead atoms. The maximum Gasteiger partial charge on any atom is 0.134 e. The molecule has 0 aliphatic heterocycles. The zero-order valence-electron chi connectivity index (χ0n) is 9.63. The minimum absolute atomic E-state index is 0.256. The third-order valence-electron chi connectivity index (χ3n) is 2.65. The molecule has 0 aromatic heterocycles. The minimum atomic E-state index is -0.693. The first-order chi connectivity index (χ1) is 7.46. The Bertz CT molecular complexity index is 353. The third kappa shape index (κ3) is 3.77. The molecule has 4 heteroatoms. The summed E-state index contributed by atoms with van der Waals surface area (Å²) < 4.78 is 0.689. The van der Waals surface area contributed by atoms with E-state index in [4.69, 9.17) is 0 Å². The van der Waals surface area contributed by atoms with Crippen LogP contribution >= 0.6 is 15.9 Å². The van der Waals surface area contributed by atoms with Crippen molar-refractivity contribution in [1.29, 1.82) is 0 Å². The van der Waals surface area contributed by atoms with Crippen molar-refractivity contribution < 1.29 is 10.2 Å². The Hall–Kier alpha value is -0.580. The van der Waals surface area contributed by atoms with Gasteiger partial charge in [0.15, 0.2) is 0 Å². The van der Waals surface area contributed by atoms with Crippen LogP contribution in [0.4, 0.5) is 0 Å². The zero-order valence-corrected chi connectivity index (χ0v) is 11.2. The standard InChI is InChI=1S/C12H18BrNO2/c1-3-12(2,16)8-14-7-9-5-4-6-10(13)11(9)15/h4-6,14-16H,3,7-8H2,1-2H3. The smallest absolute Gasteiger partial charge is 0.134 e. The quantitative estimate of drug-likeness (QED) is 0.780. The van der Waals surface area contributed by atoms with Gasteiger partial charge in [-0.05, 0) is 35.3 Å². The van der Waals surface area contributed by atoms with Crippen molar-refractivity contribution in [2.24, 2.45) is 0 Å². The minimum Gasteiger partial charge on any atom is -0.506 e. The van der Waals surface area contributed by atoms with E-state index in [1.54, 1.807) is 13.0 Å². The molecular formula is C12H18BrNO2. The molecule has 0 heterocycles. The van der Waals surface area contributed by atoms with E-state index in [9.17, 15) is 10.2 Å². The van der Waals surface area contributed by atoms with Gasteiger partial charge in [-0.3, -0.25) is 0 Å². The summed E-state index contributed by atoms with van der Waals surface area (Å²) in [6, 6.07) is 5.52. The normalized spacial score (nSPS) is 14.8. The van der Waals surface area contributed by atoms with Gasteiger partial charge in [-0.1, -0.05) is 19.1 Å². The predicted octanol–water partition coefficient (Wildman–Crippen LogP) is 2.41. The molecular weight excluding hydrogens is 270 g/mol. The predicted molar refractivity (Wildman–Crippen MR) is 68.4 cm³/mol. The van der Waals surface area contributed by atoms with E-state index in [-0.39, 0.29) is 5.75 Å².